The van der Waals surface area contributed by atoms with E-state index in [2.05, 4.69) is 10.0 Å². The Bertz CT molecular complexity index is 1070. The summed E-state index contributed by atoms with van der Waals surface area (Å²) in [4.78, 5) is 12.4. The van der Waals surface area contributed by atoms with Gasteiger partial charge in [-0.05, 0) is 55.0 Å². The molecule has 3 aromatic carbocycles. The van der Waals surface area contributed by atoms with Crippen molar-refractivity contribution in [3.63, 3.8) is 0 Å². The number of anilines is 1. The van der Waals surface area contributed by atoms with Crippen molar-refractivity contribution in [1.82, 2.24) is 5.32 Å². The summed E-state index contributed by atoms with van der Waals surface area (Å²) in [6, 6.07) is 22.0. The first-order valence-electron chi connectivity index (χ1n) is 9.10. The highest BCUT2D eigenvalue weighted by Gasteiger charge is 2.13. The number of carbonyl (C=O) groups excluding carboxylic acids is 1. The van der Waals surface area contributed by atoms with Crippen molar-refractivity contribution in [3.05, 3.63) is 90.0 Å². The lowest BCUT2D eigenvalue weighted by atomic mass is 10.2. The average Bonchev–Trinajstić information content (AvgIpc) is 2.73. The summed E-state index contributed by atoms with van der Waals surface area (Å²) in [5, 5.41) is 2.78. The average molecular weight is 410 g/mol. The maximum atomic E-state index is 12.3. The SMILES string of the molecule is Cc1ccccc1OCCNC(=O)c1ccc(NS(=O)(=O)c2ccccc2)cc1. The van der Waals surface area contributed by atoms with Gasteiger partial charge in [0.15, 0.2) is 0 Å². The maximum absolute atomic E-state index is 12.3. The molecule has 3 aromatic rings. The van der Waals surface area contributed by atoms with Crippen molar-refractivity contribution >= 4 is 21.6 Å². The van der Waals surface area contributed by atoms with Gasteiger partial charge in [0.1, 0.15) is 12.4 Å². The molecule has 0 bridgehead atoms. The third-order valence-corrected chi connectivity index (χ3v) is 5.59. The molecule has 0 radical (unpaired) electrons. The van der Waals surface area contributed by atoms with E-state index < -0.39 is 10.0 Å². The number of sulfonamides is 1. The van der Waals surface area contributed by atoms with Crippen LogP contribution in [0.1, 0.15) is 15.9 Å². The van der Waals surface area contributed by atoms with Gasteiger partial charge in [-0.1, -0.05) is 36.4 Å². The van der Waals surface area contributed by atoms with Gasteiger partial charge in [-0.2, -0.15) is 0 Å². The highest BCUT2D eigenvalue weighted by molar-refractivity contribution is 7.92. The van der Waals surface area contributed by atoms with Gasteiger partial charge in [0.25, 0.3) is 15.9 Å². The zero-order chi connectivity index (χ0) is 20.7. The third-order valence-electron chi connectivity index (χ3n) is 4.19. The highest BCUT2D eigenvalue weighted by Crippen LogP contribution is 2.17. The lowest BCUT2D eigenvalue weighted by Crippen LogP contribution is -2.28. The molecular weight excluding hydrogens is 388 g/mol. The van der Waals surface area contributed by atoms with Crippen molar-refractivity contribution in [2.45, 2.75) is 11.8 Å². The fourth-order valence-electron chi connectivity index (χ4n) is 2.65. The largest absolute Gasteiger partial charge is 0.491 e. The monoisotopic (exact) mass is 410 g/mol. The molecule has 0 unspecified atom stereocenters. The van der Waals surface area contributed by atoms with Gasteiger partial charge in [0.2, 0.25) is 0 Å². The van der Waals surface area contributed by atoms with Crippen LogP contribution in [0.4, 0.5) is 5.69 Å². The summed E-state index contributed by atoms with van der Waals surface area (Å²) >= 11 is 0. The van der Waals surface area contributed by atoms with Crippen LogP contribution in [0.25, 0.3) is 0 Å². The van der Waals surface area contributed by atoms with Crippen LogP contribution in [0.2, 0.25) is 0 Å². The molecule has 0 aliphatic rings. The maximum Gasteiger partial charge on any atom is 0.261 e. The first kappa shape index (κ1) is 20.4. The number of para-hydroxylation sites is 1. The van der Waals surface area contributed by atoms with Gasteiger partial charge in [0.05, 0.1) is 11.4 Å². The second kappa shape index (κ2) is 9.25. The molecule has 0 saturated carbocycles. The van der Waals surface area contributed by atoms with Crippen molar-refractivity contribution < 1.29 is 17.9 Å². The molecule has 0 atom stereocenters. The van der Waals surface area contributed by atoms with Gasteiger partial charge < -0.3 is 10.1 Å². The number of hydrogen-bond acceptors (Lipinski definition) is 4. The number of benzene rings is 3. The fraction of sp³-hybridized carbons (Fsp3) is 0.136. The van der Waals surface area contributed by atoms with Gasteiger partial charge in [-0.3, -0.25) is 9.52 Å². The normalized spacial score (nSPS) is 10.9. The predicted octanol–water partition coefficient (Wildman–Crippen LogP) is 3.60. The summed E-state index contributed by atoms with van der Waals surface area (Å²) < 4.78 is 32.8. The number of rotatable bonds is 8. The van der Waals surface area contributed by atoms with E-state index in [4.69, 9.17) is 4.74 Å². The molecule has 0 fully saturated rings. The van der Waals surface area contributed by atoms with Crippen LogP contribution in [0.3, 0.4) is 0 Å². The Morgan fingerprint density at radius 1 is 0.897 bits per heavy atom. The van der Waals surface area contributed by atoms with E-state index in [1.165, 1.54) is 12.1 Å². The lowest BCUT2D eigenvalue weighted by molar-refractivity contribution is 0.0947. The van der Waals surface area contributed by atoms with Crippen molar-refractivity contribution in [3.8, 4) is 5.75 Å². The second-order valence-corrected chi connectivity index (χ2v) is 8.05. The minimum absolute atomic E-state index is 0.176. The van der Waals surface area contributed by atoms with Crippen molar-refractivity contribution in [1.29, 1.82) is 0 Å². The molecule has 0 heterocycles. The molecule has 7 heteroatoms. The minimum Gasteiger partial charge on any atom is -0.491 e. The summed E-state index contributed by atoms with van der Waals surface area (Å²) in [5.41, 5.74) is 1.85. The molecule has 2 N–H and O–H groups in total. The van der Waals surface area contributed by atoms with Crippen LogP contribution < -0.4 is 14.8 Å². The molecular formula is C22H22N2O4S. The topological polar surface area (TPSA) is 84.5 Å². The first-order chi connectivity index (χ1) is 14.0. The molecule has 29 heavy (non-hydrogen) atoms. The van der Waals surface area contributed by atoms with Gasteiger partial charge in [0, 0.05) is 11.3 Å². The van der Waals surface area contributed by atoms with Gasteiger partial charge in [-0.25, -0.2) is 8.42 Å². The smallest absolute Gasteiger partial charge is 0.261 e. The molecule has 0 aliphatic carbocycles. The Labute approximate surface area is 170 Å². The number of hydrogen-bond donors (Lipinski definition) is 2. The standard InChI is InChI=1S/C22H22N2O4S/c1-17-7-5-6-10-21(17)28-16-15-23-22(25)18-11-13-19(14-12-18)24-29(26,27)20-8-3-2-4-9-20/h2-14,24H,15-16H2,1H3,(H,23,25). The second-order valence-electron chi connectivity index (χ2n) is 6.37. The number of carbonyl (C=O) groups is 1. The Hall–Kier alpha value is -3.32. The molecule has 0 spiro atoms. The van der Waals surface area contributed by atoms with Gasteiger partial charge in [-0.15, -0.1) is 0 Å². The van der Waals surface area contributed by atoms with Crippen LogP contribution in [-0.2, 0) is 10.0 Å². The minimum atomic E-state index is -3.66. The Morgan fingerprint density at radius 2 is 1.55 bits per heavy atom. The number of amides is 1. The first-order valence-corrected chi connectivity index (χ1v) is 10.6. The Morgan fingerprint density at radius 3 is 2.24 bits per heavy atom. The van der Waals surface area contributed by atoms with Crippen LogP contribution in [-0.4, -0.2) is 27.5 Å². The van der Waals surface area contributed by atoms with Crippen LogP contribution >= 0.6 is 0 Å². The van der Waals surface area contributed by atoms with Crippen LogP contribution in [0.15, 0.2) is 83.8 Å². The Balaban J connectivity index is 1.52. The van der Waals surface area contributed by atoms with E-state index in [-0.39, 0.29) is 10.8 Å². The van der Waals surface area contributed by atoms with E-state index in [0.717, 1.165) is 11.3 Å². The number of nitrogens with one attached hydrogen (secondary N) is 2. The number of aryl methyl sites for hydroxylation is 1. The molecule has 0 aliphatic heterocycles. The lowest BCUT2D eigenvalue weighted by Gasteiger charge is -2.10. The summed E-state index contributed by atoms with van der Waals surface area (Å²) in [5.74, 6) is 0.535. The van der Waals surface area contributed by atoms with E-state index in [1.54, 1.807) is 42.5 Å². The summed E-state index contributed by atoms with van der Waals surface area (Å²) in [6.45, 7) is 2.67. The van der Waals surface area contributed by atoms with Crippen molar-refractivity contribution in [2.75, 3.05) is 17.9 Å². The summed E-state index contributed by atoms with van der Waals surface area (Å²) in [6.07, 6.45) is 0. The molecule has 3 rings (SSSR count). The zero-order valence-corrected chi connectivity index (χ0v) is 16.8. The highest BCUT2D eigenvalue weighted by atomic mass is 32.2. The van der Waals surface area contributed by atoms with Gasteiger partial charge >= 0.3 is 0 Å². The molecule has 0 aromatic heterocycles. The van der Waals surface area contributed by atoms with E-state index in [1.807, 2.05) is 31.2 Å². The van der Waals surface area contributed by atoms with Crippen LogP contribution in [0.5, 0.6) is 5.75 Å². The molecule has 150 valence electrons. The Kier molecular flexibility index (Phi) is 6.51. The number of ether oxygens (including phenoxy) is 1. The molecule has 1 amide bonds. The van der Waals surface area contributed by atoms with E-state index >= 15 is 0 Å². The van der Waals surface area contributed by atoms with Crippen LogP contribution in [0, 0.1) is 6.92 Å². The quantitative estimate of drug-likeness (QED) is 0.556. The van der Waals surface area contributed by atoms with E-state index in [9.17, 15) is 13.2 Å². The third kappa shape index (κ3) is 5.58. The zero-order valence-electron chi connectivity index (χ0n) is 16.0. The predicted molar refractivity (Wildman–Crippen MR) is 113 cm³/mol. The summed E-state index contributed by atoms with van der Waals surface area (Å²) in [7, 11) is -3.66. The van der Waals surface area contributed by atoms with E-state index in [0.29, 0.717) is 24.4 Å². The van der Waals surface area contributed by atoms with Crippen molar-refractivity contribution in [2.24, 2.45) is 0 Å². The molecule has 6 nitrogen and oxygen atoms in total. The molecule has 0 saturated heterocycles. The fourth-order valence-corrected chi connectivity index (χ4v) is 3.73.